The highest BCUT2D eigenvalue weighted by Crippen LogP contribution is 2.47. The van der Waals surface area contributed by atoms with Crippen molar-refractivity contribution in [3.8, 4) is 0 Å². The van der Waals surface area contributed by atoms with Crippen molar-refractivity contribution in [3.63, 3.8) is 0 Å². The van der Waals surface area contributed by atoms with E-state index in [-0.39, 0.29) is 5.92 Å². The normalized spacial score (nSPS) is 21.0. The first kappa shape index (κ1) is 18.2. The third kappa shape index (κ3) is 3.38. The second kappa shape index (κ2) is 6.26. The number of hydrogen-bond acceptors (Lipinski definition) is 1. The van der Waals surface area contributed by atoms with Gasteiger partial charge in [-0.3, -0.25) is 0 Å². The molecule has 25 heavy (non-hydrogen) atoms. The Balaban J connectivity index is 1.79. The highest BCUT2D eigenvalue weighted by molar-refractivity contribution is 6.32. The Hall–Kier alpha value is -1.65. The molecule has 0 aromatic heterocycles. The predicted molar refractivity (Wildman–Crippen MR) is 97.5 cm³/mol. The van der Waals surface area contributed by atoms with Gasteiger partial charge in [-0.15, -0.1) is 0 Å². The Morgan fingerprint density at radius 3 is 2.56 bits per heavy atom. The van der Waals surface area contributed by atoms with Gasteiger partial charge in [0.2, 0.25) is 0 Å². The standard InChI is InChI=1S/C20H23BF3N/c1-13-10-16(19(2,3)20(22,23)24)5-4-15(13)12-25-9-8-14-11-17(21)6-7-18(14)25/h4-7,11,13H,8-10,12H2,1-3H3. The fraction of sp³-hybridized carbons (Fsp3) is 0.500. The third-order valence-corrected chi connectivity index (χ3v) is 5.64. The van der Waals surface area contributed by atoms with Crippen LogP contribution in [-0.4, -0.2) is 27.1 Å². The second-order valence-electron chi connectivity index (χ2n) is 7.72. The Kier molecular flexibility index (Phi) is 4.55. The van der Waals surface area contributed by atoms with Gasteiger partial charge < -0.3 is 4.90 Å². The number of nitrogens with zero attached hydrogens (tertiary/aromatic N) is 1. The topological polar surface area (TPSA) is 3.24 Å². The quantitative estimate of drug-likeness (QED) is 0.738. The first-order valence-corrected chi connectivity index (χ1v) is 8.70. The summed E-state index contributed by atoms with van der Waals surface area (Å²) >= 11 is 0. The maximum atomic E-state index is 13.3. The SMILES string of the molecule is [B]c1ccc2c(c1)CCN2CC1=CC=C(C(C)(C)C(F)(F)F)CC1C. The summed E-state index contributed by atoms with van der Waals surface area (Å²) in [6, 6.07) is 5.96. The monoisotopic (exact) mass is 345 g/mol. The molecule has 132 valence electrons. The van der Waals surface area contributed by atoms with E-state index in [1.165, 1.54) is 30.7 Å². The molecule has 5 heteroatoms. The van der Waals surface area contributed by atoms with Crippen LogP contribution in [-0.2, 0) is 6.42 Å². The Morgan fingerprint density at radius 1 is 1.20 bits per heavy atom. The molecule has 0 spiro atoms. The molecule has 2 aliphatic rings. The highest BCUT2D eigenvalue weighted by Gasteiger charge is 2.50. The van der Waals surface area contributed by atoms with Crippen molar-refractivity contribution in [1.29, 1.82) is 0 Å². The molecule has 1 aromatic carbocycles. The van der Waals surface area contributed by atoms with E-state index in [0.717, 1.165) is 25.0 Å². The van der Waals surface area contributed by atoms with E-state index >= 15 is 0 Å². The summed E-state index contributed by atoms with van der Waals surface area (Å²) in [4.78, 5) is 2.30. The van der Waals surface area contributed by atoms with E-state index in [0.29, 0.717) is 12.0 Å². The Morgan fingerprint density at radius 2 is 1.92 bits per heavy atom. The zero-order valence-electron chi connectivity index (χ0n) is 15.0. The molecule has 1 nitrogen and oxygen atoms in total. The number of alkyl halides is 3. The van der Waals surface area contributed by atoms with Gasteiger partial charge in [0.15, 0.2) is 0 Å². The van der Waals surface area contributed by atoms with Crippen molar-refractivity contribution in [3.05, 3.63) is 47.1 Å². The van der Waals surface area contributed by atoms with Crippen LogP contribution >= 0.6 is 0 Å². The molecular formula is C20H23BF3N. The number of halogens is 3. The number of fused-ring (bicyclic) bond motifs is 1. The molecule has 1 aromatic rings. The van der Waals surface area contributed by atoms with Crippen LogP contribution in [0.25, 0.3) is 0 Å². The van der Waals surface area contributed by atoms with Gasteiger partial charge in [-0.2, -0.15) is 13.2 Å². The van der Waals surface area contributed by atoms with Crippen molar-refractivity contribution < 1.29 is 13.2 Å². The van der Waals surface area contributed by atoms with Crippen molar-refractivity contribution >= 4 is 19.0 Å². The average Bonchev–Trinajstić information content (AvgIpc) is 2.90. The fourth-order valence-corrected chi connectivity index (χ4v) is 3.63. The van der Waals surface area contributed by atoms with E-state index in [2.05, 4.69) is 4.90 Å². The second-order valence-corrected chi connectivity index (χ2v) is 7.72. The van der Waals surface area contributed by atoms with Crippen LogP contribution in [0.2, 0.25) is 0 Å². The Bertz CT molecular complexity index is 731. The zero-order valence-corrected chi connectivity index (χ0v) is 15.0. The molecule has 2 radical (unpaired) electrons. The number of benzene rings is 1. The minimum Gasteiger partial charge on any atom is -0.367 e. The van der Waals surface area contributed by atoms with E-state index in [9.17, 15) is 13.2 Å². The van der Waals surface area contributed by atoms with Crippen LogP contribution in [0.15, 0.2) is 41.5 Å². The molecular weight excluding hydrogens is 322 g/mol. The summed E-state index contributed by atoms with van der Waals surface area (Å²) in [6.45, 7) is 6.24. The van der Waals surface area contributed by atoms with Crippen LogP contribution < -0.4 is 10.4 Å². The third-order valence-electron chi connectivity index (χ3n) is 5.64. The zero-order chi connectivity index (χ0) is 18.4. The first-order valence-electron chi connectivity index (χ1n) is 8.70. The lowest BCUT2D eigenvalue weighted by Gasteiger charge is -2.35. The molecule has 0 N–H and O–H groups in total. The van der Waals surface area contributed by atoms with E-state index in [1.807, 2.05) is 31.2 Å². The first-order chi connectivity index (χ1) is 11.6. The largest absolute Gasteiger partial charge is 0.397 e. The average molecular weight is 345 g/mol. The van der Waals surface area contributed by atoms with Gasteiger partial charge in [0, 0.05) is 18.8 Å². The van der Waals surface area contributed by atoms with Crippen LogP contribution in [0, 0.1) is 11.3 Å². The number of hydrogen-bond donors (Lipinski definition) is 0. The molecule has 1 atom stereocenters. The van der Waals surface area contributed by atoms with Crippen molar-refractivity contribution in [2.75, 3.05) is 18.0 Å². The van der Waals surface area contributed by atoms with Gasteiger partial charge in [0.1, 0.15) is 7.85 Å². The Labute approximate surface area is 149 Å². The molecule has 1 unspecified atom stereocenters. The smallest absolute Gasteiger partial charge is 0.367 e. The molecule has 1 aliphatic heterocycles. The summed E-state index contributed by atoms with van der Waals surface area (Å²) in [5.74, 6) is 0.111. The molecule has 0 amide bonds. The summed E-state index contributed by atoms with van der Waals surface area (Å²) in [7, 11) is 5.84. The minimum absolute atomic E-state index is 0.111. The molecule has 0 bridgehead atoms. The molecule has 1 aliphatic carbocycles. The van der Waals surface area contributed by atoms with Gasteiger partial charge in [-0.05, 0) is 49.8 Å². The highest BCUT2D eigenvalue weighted by atomic mass is 19.4. The van der Waals surface area contributed by atoms with E-state index in [4.69, 9.17) is 7.85 Å². The summed E-state index contributed by atoms with van der Waals surface area (Å²) < 4.78 is 39.9. The van der Waals surface area contributed by atoms with Gasteiger partial charge in [0.25, 0.3) is 0 Å². The van der Waals surface area contributed by atoms with Crippen LogP contribution in [0.1, 0.15) is 32.8 Å². The number of anilines is 1. The number of allylic oxidation sites excluding steroid dienone is 3. The molecule has 0 saturated heterocycles. The summed E-state index contributed by atoms with van der Waals surface area (Å²) in [6.07, 6.45) is 0.776. The van der Waals surface area contributed by atoms with Crippen molar-refractivity contribution in [2.45, 2.75) is 39.8 Å². The van der Waals surface area contributed by atoms with Crippen molar-refractivity contribution in [2.24, 2.45) is 11.3 Å². The lowest BCUT2D eigenvalue weighted by molar-refractivity contribution is -0.198. The van der Waals surface area contributed by atoms with Crippen LogP contribution in [0.3, 0.4) is 0 Å². The van der Waals surface area contributed by atoms with Gasteiger partial charge in [-0.1, -0.05) is 42.2 Å². The molecule has 0 saturated carbocycles. The number of rotatable bonds is 3. The van der Waals surface area contributed by atoms with Crippen molar-refractivity contribution in [1.82, 2.24) is 0 Å². The molecule has 3 rings (SSSR count). The van der Waals surface area contributed by atoms with Gasteiger partial charge in [-0.25, -0.2) is 0 Å². The maximum absolute atomic E-state index is 13.3. The summed E-state index contributed by atoms with van der Waals surface area (Å²) in [5.41, 5.74) is 3.08. The predicted octanol–water partition coefficient (Wildman–Crippen LogP) is 4.32. The minimum atomic E-state index is -4.22. The summed E-state index contributed by atoms with van der Waals surface area (Å²) in [5, 5.41) is 0. The maximum Gasteiger partial charge on any atom is 0.397 e. The van der Waals surface area contributed by atoms with Gasteiger partial charge in [0.05, 0.1) is 5.41 Å². The van der Waals surface area contributed by atoms with Crippen LogP contribution in [0.4, 0.5) is 18.9 Å². The lowest BCUT2D eigenvalue weighted by Crippen LogP contribution is -2.36. The van der Waals surface area contributed by atoms with Crippen LogP contribution in [0.5, 0.6) is 0 Å². The van der Waals surface area contributed by atoms with E-state index < -0.39 is 11.6 Å². The van der Waals surface area contributed by atoms with Gasteiger partial charge >= 0.3 is 6.18 Å². The van der Waals surface area contributed by atoms with E-state index in [1.54, 1.807) is 6.08 Å². The molecule has 0 fully saturated rings. The fourth-order valence-electron chi connectivity index (χ4n) is 3.63. The molecule has 1 heterocycles. The lowest BCUT2D eigenvalue weighted by atomic mass is 9.75.